The molecule has 4 heteroatoms. The van der Waals surface area contributed by atoms with Gasteiger partial charge in [0.2, 0.25) is 0 Å². The first-order valence-electron chi connectivity index (χ1n) is 5.65. The highest BCUT2D eigenvalue weighted by atomic mass is 16.3. The zero-order valence-electron chi connectivity index (χ0n) is 10.4. The Morgan fingerprint density at radius 2 is 2.12 bits per heavy atom. The predicted molar refractivity (Wildman–Crippen MR) is 66.1 cm³/mol. The minimum absolute atomic E-state index is 0.105. The molecule has 1 aromatic rings. The van der Waals surface area contributed by atoms with Crippen LogP contribution in [-0.2, 0) is 0 Å². The van der Waals surface area contributed by atoms with Crippen molar-refractivity contribution in [3.8, 4) is 5.75 Å². The first kappa shape index (κ1) is 13.5. The summed E-state index contributed by atoms with van der Waals surface area (Å²) in [4.78, 5) is 12.0. The lowest BCUT2D eigenvalue weighted by Gasteiger charge is -2.27. The molecule has 0 radical (unpaired) electrons. The molecule has 0 saturated carbocycles. The number of nitrogens with one attached hydrogen (secondary N) is 1. The third-order valence-electron chi connectivity index (χ3n) is 3.00. The average Bonchev–Trinajstić information content (AvgIpc) is 2.28. The first-order valence-corrected chi connectivity index (χ1v) is 5.65. The van der Waals surface area contributed by atoms with Crippen molar-refractivity contribution in [3.05, 3.63) is 29.3 Å². The van der Waals surface area contributed by atoms with Gasteiger partial charge in [0.25, 0.3) is 5.91 Å². The first-order chi connectivity index (χ1) is 7.91. The number of amides is 1. The van der Waals surface area contributed by atoms with E-state index < -0.39 is 5.54 Å². The second-order valence-electron chi connectivity index (χ2n) is 4.53. The topological polar surface area (TPSA) is 69.6 Å². The van der Waals surface area contributed by atoms with Gasteiger partial charge in [-0.3, -0.25) is 4.79 Å². The number of carbonyl (C=O) groups excluding carboxylic acids is 1. The third kappa shape index (κ3) is 3.20. The average molecular weight is 237 g/mol. The molecule has 1 unspecified atom stereocenters. The molecule has 0 aliphatic heterocycles. The number of benzene rings is 1. The SMILES string of the molecule is CCC(C)(CO)NC(=O)c1ccc(O)cc1C. The summed E-state index contributed by atoms with van der Waals surface area (Å²) in [5.41, 5.74) is 0.608. The summed E-state index contributed by atoms with van der Waals surface area (Å²) >= 11 is 0. The number of aryl methyl sites for hydroxylation is 1. The molecule has 0 aromatic heterocycles. The van der Waals surface area contributed by atoms with Crippen molar-refractivity contribution in [2.24, 2.45) is 0 Å². The maximum Gasteiger partial charge on any atom is 0.252 e. The van der Waals surface area contributed by atoms with E-state index in [1.807, 2.05) is 6.92 Å². The second kappa shape index (κ2) is 5.19. The zero-order valence-corrected chi connectivity index (χ0v) is 10.4. The quantitative estimate of drug-likeness (QED) is 0.744. The Bertz CT molecular complexity index is 411. The Balaban J connectivity index is 2.90. The molecule has 1 atom stereocenters. The van der Waals surface area contributed by atoms with E-state index in [0.717, 1.165) is 0 Å². The molecule has 0 saturated heterocycles. The van der Waals surface area contributed by atoms with E-state index in [-0.39, 0.29) is 18.3 Å². The van der Waals surface area contributed by atoms with Crippen LogP contribution in [0.5, 0.6) is 5.75 Å². The number of hydrogen-bond acceptors (Lipinski definition) is 3. The monoisotopic (exact) mass is 237 g/mol. The maximum absolute atomic E-state index is 12.0. The van der Waals surface area contributed by atoms with Crippen LogP contribution >= 0.6 is 0 Å². The molecule has 4 nitrogen and oxygen atoms in total. The van der Waals surface area contributed by atoms with Crippen molar-refractivity contribution < 1.29 is 15.0 Å². The van der Waals surface area contributed by atoms with Gasteiger partial charge in [0.15, 0.2) is 0 Å². The Labute approximate surface area is 101 Å². The molecule has 17 heavy (non-hydrogen) atoms. The molecular weight excluding hydrogens is 218 g/mol. The van der Waals surface area contributed by atoms with E-state index in [1.54, 1.807) is 19.9 Å². The van der Waals surface area contributed by atoms with Gasteiger partial charge in [-0.1, -0.05) is 6.92 Å². The van der Waals surface area contributed by atoms with Crippen LogP contribution in [0.4, 0.5) is 0 Å². The Kier molecular flexibility index (Phi) is 4.12. The normalized spacial score (nSPS) is 14.1. The molecule has 0 heterocycles. The van der Waals surface area contributed by atoms with Crippen LogP contribution in [0.1, 0.15) is 36.2 Å². The number of rotatable bonds is 4. The predicted octanol–water partition coefficient (Wildman–Crippen LogP) is 1.59. The van der Waals surface area contributed by atoms with Gasteiger partial charge in [0.1, 0.15) is 5.75 Å². The molecule has 0 bridgehead atoms. The van der Waals surface area contributed by atoms with E-state index in [4.69, 9.17) is 0 Å². The minimum atomic E-state index is -0.610. The van der Waals surface area contributed by atoms with E-state index in [0.29, 0.717) is 17.5 Å². The van der Waals surface area contributed by atoms with Gasteiger partial charge in [-0.05, 0) is 44.0 Å². The highest BCUT2D eigenvalue weighted by molar-refractivity contribution is 5.96. The van der Waals surface area contributed by atoms with Crippen LogP contribution < -0.4 is 5.32 Å². The number of aliphatic hydroxyl groups excluding tert-OH is 1. The van der Waals surface area contributed by atoms with Crippen molar-refractivity contribution in [1.29, 1.82) is 0 Å². The Morgan fingerprint density at radius 3 is 2.59 bits per heavy atom. The summed E-state index contributed by atoms with van der Waals surface area (Å²) < 4.78 is 0. The van der Waals surface area contributed by atoms with Gasteiger partial charge in [0, 0.05) is 5.56 Å². The number of aromatic hydroxyl groups is 1. The summed E-state index contributed by atoms with van der Waals surface area (Å²) in [5, 5.41) is 21.3. The summed E-state index contributed by atoms with van der Waals surface area (Å²) in [6.45, 7) is 5.35. The summed E-state index contributed by atoms with van der Waals surface area (Å²) in [5.74, 6) is -0.0969. The van der Waals surface area contributed by atoms with Crippen molar-refractivity contribution in [3.63, 3.8) is 0 Å². The summed E-state index contributed by atoms with van der Waals surface area (Å²) in [7, 11) is 0. The van der Waals surface area contributed by atoms with Crippen LogP contribution in [-0.4, -0.2) is 28.3 Å². The van der Waals surface area contributed by atoms with Gasteiger partial charge in [-0.2, -0.15) is 0 Å². The molecule has 94 valence electrons. The summed E-state index contributed by atoms with van der Waals surface area (Å²) in [6.07, 6.45) is 0.645. The van der Waals surface area contributed by atoms with Crippen LogP contribution in [0.15, 0.2) is 18.2 Å². The molecule has 3 N–H and O–H groups in total. The third-order valence-corrected chi connectivity index (χ3v) is 3.00. The lowest BCUT2D eigenvalue weighted by atomic mass is 9.98. The number of phenolic OH excluding ortho intramolecular Hbond substituents is 1. The van der Waals surface area contributed by atoms with Gasteiger partial charge in [-0.25, -0.2) is 0 Å². The molecule has 0 spiro atoms. The largest absolute Gasteiger partial charge is 0.508 e. The van der Waals surface area contributed by atoms with Gasteiger partial charge in [-0.15, -0.1) is 0 Å². The molecule has 1 amide bonds. The molecule has 1 aromatic carbocycles. The number of hydrogen-bond donors (Lipinski definition) is 3. The van der Waals surface area contributed by atoms with E-state index in [9.17, 15) is 15.0 Å². The molecule has 0 fully saturated rings. The summed E-state index contributed by atoms with van der Waals surface area (Å²) in [6, 6.07) is 4.59. The van der Waals surface area contributed by atoms with Crippen molar-refractivity contribution >= 4 is 5.91 Å². The van der Waals surface area contributed by atoms with E-state index >= 15 is 0 Å². The van der Waals surface area contributed by atoms with Crippen LogP contribution in [0.2, 0.25) is 0 Å². The van der Waals surface area contributed by atoms with Gasteiger partial charge < -0.3 is 15.5 Å². The van der Waals surface area contributed by atoms with Crippen LogP contribution in [0.3, 0.4) is 0 Å². The van der Waals surface area contributed by atoms with Crippen LogP contribution in [0, 0.1) is 6.92 Å². The second-order valence-corrected chi connectivity index (χ2v) is 4.53. The fourth-order valence-electron chi connectivity index (χ4n) is 1.48. The van der Waals surface area contributed by atoms with E-state index in [2.05, 4.69) is 5.32 Å². The lowest BCUT2D eigenvalue weighted by Crippen LogP contribution is -2.48. The van der Waals surface area contributed by atoms with Crippen molar-refractivity contribution in [2.45, 2.75) is 32.7 Å². The Morgan fingerprint density at radius 1 is 1.47 bits per heavy atom. The van der Waals surface area contributed by atoms with Crippen LogP contribution in [0.25, 0.3) is 0 Å². The van der Waals surface area contributed by atoms with Gasteiger partial charge >= 0.3 is 0 Å². The molecular formula is C13H19NO3. The zero-order chi connectivity index (χ0) is 13.1. The molecule has 0 aliphatic rings. The highest BCUT2D eigenvalue weighted by Gasteiger charge is 2.24. The van der Waals surface area contributed by atoms with Crippen molar-refractivity contribution in [2.75, 3.05) is 6.61 Å². The smallest absolute Gasteiger partial charge is 0.252 e. The Hall–Kier alpha value is -1.55. The maximum atomic E-state index is 12.0. The fraction of sp³-hybridized carbons (Fsp3) is 0.462. The lowest BCUT2D eigenvalue weighted by molar-refractivity contribution is 0.0847. The highest BCUT2D eigenvalue weighted by Crippen LogP contribution is 2.17. The van der Waals surface area contributed by atoms with Crippen molar-refractivity contribution in [1.82, 2.24) is 5.32 Å². The number of aliphatic hydroxyl groups is 1. The van der Waals surface area contributed by atoms with E-state index in [1.165, 1.54) is 12.1 Å². The fourth-order valence-corrected chi connectivity index (χ4v) is 1.48. The minimum Gasteiger partial charge on any atom is -0.508 e. The molecule has 1 rings (SSSR count). The molecule has 0 aliphatic carbocycles. The number of carbonyl (C=O) groups is 1. The standard InChI is InChI=1S/C13H19NO3/c1-4-13(3,8-15)14-12(17)11-6-5-10(16)7-9(11)2/h5-7,15-16H,4,8H2,1-3H3,(H,14,17). The number of phenols is 1. The van der Waals surface area contributed by atoms with Gasteiger partial charge in [0.05, 0.1) is 12.1 Å².